The highest BCUT2D eigenvalue weighted by atomic mass is 79.9. The molecule has 0 saturated carbocycles. The van der Waals surface area contributed by atoms with E-state index in [9.17, 15) is 4.79 Å². The van der Waals surface area contributed by atoms with Crippen LogP contribution in [0.3, 0.4) is 0 Å². The average Bonchev–Trinajstić information content (AvgIpc) is 2.42. The van der Waals surface area contributed by atoms with Gasteiger partial charge in [0.25, 0.3) is 0 Å². The standard InChI is InChI=1S/C15H13BrClNO2/c16-13-9-11(15(19)20)3-6-14(13)18-8-7-10-1-4-12(17)5-2-10/h1-6,9,18H,7-8H2,(H,19,20). The maximum Gasteiger partial charge on any atom is 0.335 e. The van der Waals surface area contributed by atoms with Gasteiger partial charge < -0.3 is 10.4 Å². The summed E-state index contributed by atoms with van der Waals surface area (Å²) in [4.78, 5) is 10.8. The second kappa shape index (κ2) is 6.77. The van der Waals surface area contributed by atoms with Crippen molar-refractivity contribution in [3.8, 4) is 0 Å². The van der Waals surface area contributed by atoms with E-state index in [2.05, 4.69) is 21.2 Å². The van der Waals surface area contributed by atoms with Crippen molar-refractivity contribution in [2.45, 2.75) is 6.42 Å². The molecule has 2 aromatic carbocycles. The fourth-order valence-electron chi connectivity index (χ4n) is 1.78. The molecule has 2 rings (SSSR count). The van der Waals surface area contributed by atoms with Crippen LogP contribution in [-0.2, 0) is 6.42 Å². The lowest BCUT2D eigenvalue weighted by atomic mass is 10.1. The SMILES string of the molecule is O=C(O)c1ccc(NCCc2ccc(Cl)cc2)c(Br)c1. The Morgan fingerprint density at radius 1 is 1.20 bits per heavy atom. The predicted molar refractivity (Wildman–Crippen MR) is 84.7 cm³/mol. The number of halogens is 2. The van der Waals surface area contributed by atoms with Crippen molar-refractivity contribution in [2.75, 3.05) is 11.9 Å². The van der Waals surface area contributed by atoms with Crippen molar-refractivity contribution in [3.05, 3.63) is 63.1 Å². The first-order chi connectivity index (χ1) is 9.56. The summed E-state index contributed by atoms with van der Waals surface area (Å²) >= 11 is 9.20. The molecule has 0 atom stereocenters. The van der Waals surface area contributed by atoms with E-state index in [-0.39, 0.29) is 5.56 Å². The molecule has 20 heavy (non-hydrogen) atoms. The molecule has 0 heterocycles. The van der Waals surface area contributed by atoms with Crippen molar-refractivity contribution in [3.63, 3.8) is 0 Å². The largest absolute Gasteiger partial charge is 0.478 e. The summed E-state index contributed by atoms with van der Waals surface area (Å²) < 4.78 is 0.744. The van der Waals surface area contributed by atoms with E-state index < -0.39 is 5.97 Å². The van der Waals surface area contributed by atoms with Gasteiger partial charge in [0.2, 0.25) is 0 Å². The minimum absolute atomic E-state index is 0.264. The Hall–Kier alpha value is -1.52. The van der Waals surface area contributed by atoms with E-state index in [0.717, 1.165) is 28.1 Å². The number of carboxylic acid groups (broad SMARTS) is 1. The van der Waals surface area contributed by atoms with E-state index in [1.165, 1.54) is 5.56 Å². The van der Waals surface area contributed by atoms with E-state index in [1.54, 1.807) is 18.2 Å². The Bertz CT molecular complexity index is 614. The lowest BCUT2D eigenvalue weighted by molar-refractivity contribution is 0.0697. The zero-order valence-electron chi connectivity index (χ0n) is 10.6. The Balaban J connectivity index is 1.94. The van der Waals surface area contributed by atoms with Crippen molar-refractivity contribution in [2.24, 2.45) is 0 Å². The van der Waals surface area contributed by atoms with Crippen LogP contribution in [0, 0.1) is 0 Å². The summed E-state index contributed by atoms with van der Waals surface area (Å²) in [5.41, 5.74) is 2.34. The minimum Gasteiger partial charge on any atom is -0.478 e. The van der Waals surface area contributed by atoms with Crippen molar-refractivity contribution in [1.29, 1.82) is 0 Å². The predicted octanol–water partition coefficient (Wildman–Crippen LogP) is 4.46. The lowest BCUT2D eigenvalue weighted by Crippen LogP contribution is -2.06. The van der Waals surface area contributed by atoms with Gasteiger partial charge in [0.15, 0.2) is 0 Å². The molecule has 0 saturated heterocycles. The molecule has 3 nitrogen and oxygen atoms in total. The third kappa shape index (κ3) is 3.99. The van der Waals surface area contributed by atoms with Gasteiger partial charge >= 0.3 is 5.97 Å². The maximum atomic E-state index is 10.8. The first kappa shape index (κ1) is 14.9. The number of carboxylic acids is 1. The van der Waals surface area contributed by atoms with Crippen LogP contribution in [0.2, 0.25) is 5.02 Å². The molecule has 0 fully saturated rings. The highest BCUT2D eigenvalue weighted by molar-refractivity contribution is 9.10. The number of rotatable bonds is 5. The fraction of sp³-hybridized carbons (Fsp3) is 0.133. The highest BCUT2D eigenvalue weighted by Gasteiger charge is 2.06. The van der Waals surface area contributed by atoms with E-state index >= 15 is 0 Å². The molecule has 0 aromatic heterocycles. The molecule has 0 radical (unpaired) electrons. The Kier molecular flexibility index (Phi) is 5.04. The smallest absolute Gasteiger partial charge is 0.335 e. The van der Waals surface area contributed by atoms with Gasteiger partial charge in [-0.25, -0.2) is 4.79 Å². The Morgan fingerprint density at radius 2 is 1.90 bits per heavy atom. The van der Waals surface area contributed by atoms with Crippen LogP contribution in [0.1, 0.15) is 15.9 Å². The fourth-order valence-corrected chi connectivity index (χ4v) is 2.43. The van der Waals surface area contributed by atoms with Crippen LogP contribution in [0.4, 0.5) is 5.69 Å². The topological polar surface area (TPSA) is 49.3 Å². The number of aromatic carboxylic acids is 1. The van der Waals surface area contributed by atoms with Gasteiger partial charge in [-0.1, -0.05) is 23.7 Å². The molecule has 2 N–H and O–H groups in total. The molecule has 0 unspecified atom stereocenters. The van der Waals surface area contributed by atoms with Crippen LogP contribution in [-0.4, -0.2) is 17.6 Å². The molecule has 0 aliphatic carbocycles. The zero-order valence-corrected chi connectivity index (χ0v) is 12.9. The molecule has 0 aliphatic rings. The van der Waals surface area contributed by atoms with Gasteiger partial charge in [-0.15, -0.1) is 0 Å². The number of anilines is 1. The van der Waals surface area contributed by atoms with Crippen LogP contribution >= 0.6 is 27.5 Å². The minimum atomic E-state index is -0.932. The van der Waals surface area contributed by atoms with Gasteiger partial charge in [0.1, 0.15) is 0 Å². The third-order valence-corrected chi connectivity index (χ3v) is 3.77. The summed E-state index contributed by atoms with van der Waals surface area (Å²) in [5, 5.41) is 12.9. The number of hydrogen-bond donors (Lipinski definition) is 2. The van der Waals surface area contributed by atoms with Crippen LogP contribution in [0.25, 0.3) is 0 Å². The van der Waals surface area contributed by atoms with Crippen LogP contribution in [0.5, 0.6) is 0 Å². The van der Waals surface area contributed by atoms with Gasteiger partial charge in [-0.05, 0) is 58.2 Å². The van der Waals surface area contributed by atoms with Crippen molar-refractivity contribution < 1.29 is 9.90 Å². The summed E-state index contributed by atoms with van der Waals surface area (Å²) in [6.45, 7) is 0.757. The van der Waals surface area contributed by atoms with Gasteiger partial charge in [0, 0.05) is 21.7 Å². The zero-order chi connectivity index (χ0) is 14.5. The molecule has 2 aromatic rings. The van der Waals surface area contributed by atoms with E-state index in [1.807, 2.05) is 24.3 Å². The first-order valence-electron chi connectivity index (χ1n) is 6.07. The highest BCUT2D eigenvalue weighted by Crippen LogP contribution is 2.23. The van der Waals surface area contributed by atoms with Crippen molar-refractivity contribution in [1.82, 2.24) is 0 Å². The summed E-state index contributed by atoms with van der Waals surface area (Å²) in [7, 11) is 0. The number of hydrogen-bond acceptors (Lipinski definition) is 2. The van der Waals surface area contributed by atoms with Gasteiger partial charge in [-0.3, -0.25) is 0 Å². The Morgan fingerprint density at radius 3 is 2.50 bits per heavy atom. The average molecular weight is 355 g/mol. The van der Waals surface area contributed by atoms with E-state index in [0.29, 0.717) is 0 Å². The maximum absolute atomic E-state index is 10.8. The van der Waals surface area contributed by atoms with E-state index in [4.69, 9.17) is 16.7 Å². The molecule has 0 bridgehead atoms. The normalized spacial score (nSPS) is 10.3. The number of carbonyl (C=O) groups is 1. The Labute approximate surface area is 130 Å². The molecule has 0 amide bonds. The van der Waals surface area contributed by atoms with Crippen molar-refractivity contribution >= 4 is 39.2 Å². The monoisotopic (exact) mass is 353 g/mol. The molecule has 0 aliphatic heterocycles. The second-order valence-corrected chi connectivity index (χ2v) is 5.59. The summed E-state index contributed by atoms with van der Waals surface area (Å²) in [6.07, 6.45) is 0.865. The molecular weight excluding hydrogens is 342 g/mol. The molecular formula is C15H13BrClNO2. The van der Waals surface area contributed by atoms with Gasteiger partial charge in [-0.2, -0.15) is 0 Å². The van der Waals surface area contributed by atoms with Crippen LogP contribution < -0.4 is 5.32 Å². The summed E-state index contributed by atoms with van der Waals surface area (Å²) in [6, 6.07) is 12.7. The molecule has 0 spiro atoms. The quantitative estimate of drug-likeness (QED) is 0.833. The molecule has 104 valence electrons. The number of benzene rings is 2. The summed E-state index contributed by atoms with van der Waals surface area (Å²) in [5.74, 6) is -0.932. The number of nitrogens with one attached hydrogen (secondary N) is 1. The molecule has 5 heteroatoms. The third-order valence-electron chi connectivity index (χ3n) is 2.86. The lowest BCUT2D eigenvalue weighted by Gasteiger charge is -2.09. The second-order valence-electron chi connectivity index (χ2n) is 4.30. The van der Waals surface area contributed by atoms with Gasteiger partial charge in [0.05, 0.1) is 5.56 Å². The first-order valence-corrected chi connectivity index (χ1v) is 7.24. The van der Waals surface area contributed by atoms with Crippen LogP contribution in [0.15, 0.2) is 46.9 Å².